The number of hydrogen-bond acceptors (Lipinski definition) is 12. The molecule has 4 aliphatic rings. The number of aryl methyl sites for hydroxylation is 2. The van der Waals surface area contributed by atoms with E-state index in [1.165, 1.54) is 45.3 Å². The molecule has 0 aliphatic heterocycles. The second-order valence-corrected chi connectivity index (χ2v) is 19.3. The van der Waals surface area contributed by atoms with Crippen molar-refractivity contribution >= 4 is 73.9 Å². The zero-order chi connectivity index (χ0) is 38.5. The maximum absolute atomic E-state index is 13.2. The molecule has 6 N–H and O–H groups in total. The van der Waals surface area contributed by atoms with Crippen LogP contribution in [-0.4, -0.2) is 58.8 Å². The number of thioether (sulfide) groups is 2. The monoisotopic (exact) mass is 828 g/mol. The summed E-state index contributed by atoms with van der Waals surface area (Å²) in [6.45, 7) is 0.984. The van der Waals surface area contributed by atoms with Crippen molar-refractivity contribution in [3.8, 4) is 0 Å². The minimum atomic E-state index is -0.496. The highest BCUT2D eigenvalue weighted by Crippen LogP contribution is 2.56. The van der Waals surface area contributed by atoms with Gasteiger partial charge in [-0.3, -0.25) is 14.4 Å². The molecule has 17 heteroatoms. The number of fused-ring (bicyclic) bond motifs is 2. The van der Waals surface area contributed by atoms with Crippen LogP contribution in [0.15, 0.2) is 40.6 Å². The van der Waals surface area contributed by atoms with Crippen LogP contribution >= 0.6 is 46.2 Å². The van der Waals surface area contributed by atoms with Crippen molar-refractivity contribution in [2.24, 2.45) is 30.4 Å². The fourth-order valence-corrected chi connectivity index (χ4v) is 12.5. The first-order chi connectivity index (χ1) is 27.2. The number of benzene rings is 1. The first-order valence-electron chi connectivity index (χ1n) is 19.2. The number of nitrogens with zero attached hydrogens (tertiary/aromatic N) is 6. The van der Waals surface area contributed by atoms with Gasteiger partial charge in [0.25, 0.3) is 5.91 Å². The van der Waals surface area contributed by atoms with Crippen molar-refractivity contribution in [2.75, 3.05) is 22.1 Å². The summed E-state index contributed by atoms with van der Waals surface area (Å²) < 4.78 is 4.19. The third-order valence-corrected chi connectivity index (χ3v) is 15.9. The van der Waals surface area contributed by atoms with Gasteiger partial charge in [-0.15, -0.1) is 43.1 Å². The molecule has 3 amide bonds. The Balaban J connectivity index is 0.859. The molecule has 5 aromatic rings. The van der Waals surface area contributed by atoms with Crippen LogP contribution in [-0.2, 0) is 55.4 Å². The van der Waals surface area contributed by atoms with Gasteiger partial charge in [0.05, 0.1) is 28.6 Å². The Kier molecular flexibility index (Phi) is 10.5. The topological polar surface area (TPSA) is 189 Å². The van der Waals surface area contributed by atoms with E-state index in [0.717, 1.165) is 101 Å². The Labute approximate surface area is 341 Å². The second kappa shape index (κ2) is 15.7. The van der Waals surface area contributed by atoms with Crippen molar-refractivity contribution in [1.29, 1.82) is 0 Å². The summed E-state index contributed by atoms with van der Waals surface area (Å²) >= 11 is 5.91. The number of hydrogen-bond donors (Lipinski definition) is 4. The van der Waals surface area contributed by atoms with E-state index < -0.39 is 5.91 Å². The van der Waals surface area contributed by atoms with Crippen molar-refractivity contribution in [1.82, 2.24) is 29.5 Å². The van der Waals surface area contributed by atoms with Crippen molar-refractivity contribution < 1.29 is 14.4 Å². The molecule has 9 rings (SSSR count). The largest absolute Gasteiger partial charge is 0.365 e. The molecule has 0 saturated heterocycles. The molecule has 0 bridgehead atoms. The molecular formula is C39H44N10O3S4. The molecule has 2 saturated carbocycles. The van der Waals surface area contributed by atoms with Crippen LogP contribution in [0.25, 0.3) is 0 Å². The first kappa shape index (κ1) is 37.5. The second-order valence-electron chi connectivity index (χ2n) is 15.2. The lowest BCUT2D eigenvalue weighted by Gasteiger charge is -2.23. The predicted octanol–water partition coefficient (Wildman–Crippen LogP) is 5.87. The van der Waals surface area contributed by atoms with E-state index in [-0.39, 0.29) is 29.2 Å². The fraction of sp³-hybridized carbons (Fsp3) is 0.462. The van der Waals surface area contributed by atoms with Crippen molar-refractivity contribution in [2.45, 2.75) is 93.0 Å². The summed E-state index contributed by atoms with van der Waals surface area (Å²) in [6.07, 6.45) is 9.05. The third kappa shape index (κ3) is 7.55. The van der Waals surface area contributed by atoms with Gasteiger partial charge in [-0.25, -0.2) is 0 Å². The molecule has 0 spiro atoms. The number of carbonyl (C=O) groups is 3. The van der Waals surface area contributed by atoms with E-state index in [1.807, 2.05) is 29.8 Å². The summed E-state index contributed by atoms with van der Waals surface area (Å²) in [5.41, 5.74) is 17.0. The number of rotatable bonds is 15. The Hall–Kier alpha value is -4.03. The van der Waals surface area contributed by atoms with E-state index in [2.05, 4.69) is 42.6 Å². The number of nitrogens with one attached hydrogen (secondary N) is 2. The van der Waals surface area contributed by atoms with Crippen LogP contribution in [0.4, 0.5) is 10.0 Å². The van der Waals surface area contributed by atoms with Gasteiger partial charge in [0, 0.05) is 40.7 Å². The Morgan fingerprint density at radius 3 is 2.30 bits per heavy atom. The lowest BCUT2D eigenvalue weighted by molar-refractivity contribution is -0.114. The highest BCUT2D eigenvalue weighted by Gasteiger charge is 2.48. The number of aromatic nitrogens is 6. The lowest BCUT2D eigenvalue weighted by atomic mass is 9.82. The zero-order valence-corrected chi connectivity index (χ0v) is 34.4. The SMILES string of the molecule is Cn1c(SCC(=O)Nc2sc3c(c2CN)CC(C2CC2c2nnc(SCC(=O)Nc4sc5c(c4C(N)=O)CCC5)n2Cc2ccccc2)CC3)nnc1C1CC1. The molecule has 13 nitrogen and oxygen atoms in total. The zero-order valence-electron chi connectivity index (χ0n) is 31.1. The maximum Gasteiger partial charge on any atom is 0.251 e. The van der Waals surface area contributed by atoms with Gasteiger partial charge in [-0.2, -0.15) is 0 Å². The maximum atomic E-state index is 13.2. The first-order valence-corrected chi connectivity index (χ1v) is 22.9. The number of amides is 3. The molecule has 0 radical (unpaired) electrons. The normalized spacial score (nSPS) is 19.8. The quantitative estimate of drug-likeness (QED) is 0.0930. The molecule has 4 aliphatic carbocycles. The molecule has 2 fully saturated rings. The number of primary amides is 1. The standard InChI is InChI=1S/C39H44N10O3S4/c1-48-34(21-10-11-21)44-46-38(48)53-18-30(50)42-36-27(16-40)25-14-22(12-13-29(25)55-36)24-15-26(24)35-45-47-39(49(35)17-20-6-3-2-4-7-20)54-19-31(51)43-37-32(33(41)52)23-8-5-9-28(23)56-37/h2-4,6-7,21-22,24,26H,5,8-19,40H2,1H3,(H2,41,52)(H,42,50)(H,43,51). The van der Waals surface area contributed by atoms with E-state index in [4.69, 9.17) is 16.6 Å². The van der Waals surface area contributed by atoms with E-state index in [9.17, 15) is 14.4 Å². The predicted molar refractivity (Wildman–Crippen MR) is 221 cm³/mol. The summed E-state index contributed by atoms with van der Waals surface area (Å²) in [5.74, 6) is 3.30. The van der Waals surface area contributed by atoms with Crippen LogP contribution in [0.3, 0.4) is 0 Å². The van der Waals surface area contributed by atoms with E-state index >= 15 is 0 Å². The van der Waals surface area contributed by atoms with Crippen LogP contribution < -0.4 is 22.1 Å². The van der Waals surface area contributed by atoms with Gasteiger partial charge in [-0.05, 0) is 86.3 Å². The number of carbonyl (C=O) groups excluding carboxylic acids is 3. The minimum Gasteiger partial charge on any atom is -0.365 e. The average molecular weight is 829 g/mol. The average Bonchev–Trinajstić information content (AvgIpc) is 3.94. The molecule has 1 aromatic carbocycles. The van der Waals surface area contributed by atoms with E-state index in [0.29, 0.717) is 46.6 Å². The number of nitrogens with two attached hydrogens (primary N) is 2. The van der Waals surface area contributed by atoms with Gasteiger partial charge in [0.15, 0.2) is 10.3 Å². The number of thiophene rings is 2. The highest BCUT2D eigenvalue weighted by molar-refractivity contribution is 8.00. The van der Waals surface area contributed by atoms with Crippen molar-refractivity contribution in [3.63, 3.8) is 0 Å². The van der Waals surface area contributed by atoms with Gasteiger partial charge in [0.1, 0.15) is 16.6 Å². The van der Waals surface area contributed by atoms with E-state index in [1.54, 1.807) is 11.3 Å². The smallest absolute Gasteiger partial charge is 0.251 e. The lowest BCUT2D eigenvalue weighted by Crippen LogP contribution is -2.19. The third-order valence-electron chi connectivity index (χ3n) is 11.5. The molecule has 292 valence electrons. The Morgan fingerprint density at radius 2 is 1.55 bits per heavy atom. The molecule has 56 heavy (non-hydrogen) atoms. The molecular weight excluding hydrogens is 785 g/mol. The van der Waals surface area contributed by atoms with Crippen LogP contribution in [0.1, 0.15) is 98.0 Å². The number of anilines is 2. The minimum absolute atomic E-state index is 0.0628. The summed E-state index contributed by atoms with van der Waals surface area (Å²) in [6, 6.07) is 10.3. The molecule has 4 aromatic heterocycles. The highest BCUT2D eigenvalue weighted by atomic mass is 32.2. The molecule has 4 heterocycles. The van der Waals surface area contributed by atoms with Gasteiger partial charge in [-0.1, -0.05) is 53.9 Å². The fourth-order valence-electron chi connectivity index (χ4n) is 8.47. The Morgan fingerprint density at radius 1 is 0.857 bits per heavy atom. The van der Waals surface area contributed by atoms with Gasteiger partial charge in [0.2, 0.25) is 11.8 Å². The summed E-state index contributed by atoms with van der Waals surface area (Å²) in [7, 11) is 1.97. The van der Waals surface area contributed by atoms with Crippen LogP contribution in [0.5, 0.6) is 0 Å². The Bertz CT molecular complexity index is 2310. The van der Waals surface area contributed by atoms with Crippen LogP contribution in [0, 0.1) is 11.8 Å². The van der Waals surface area contributed by atoms with Crippen LogP contribution in [0.2, 0.25) is 0 Å². The van der Waals surface area contributed by atoms with Gasteiger partial charge >= 0.3 is 0 Å². The molecule has 3 unspecified atom stereocenters. The van der Waals surface area contributed by atoms with Crippen molar-refractivity contribution in [3.05, 3.63) is 79.6 Å². The molecule has 3 atom stereocenters. The summed E-state index contributed by atoms with van der Waals surface area (Å²) in [4.78, 5) is 41.1. The summed E-state index contributed by atoms with van der Waals surface area (Å²) in [5, 5.41) is 27.0. The van der Waals surface area contributed by atoms with Gasteiger partial charge < -0.3 is 31.2 Å².